The summed E-state index contributed by atoms with van der Waals surface area (Å²) in [5, 5.41) is 9.68. The van der Waals surface area contributed by atoms with Crippen LogP contribution in [0.4, 0.5) is 11.8 Å². The third-order valence-electron chi connectivity index (χ3n) is 5.72. The van der Waals surface area contributed by atoms with E-state index in [0.717, 1.165) is 35.4 Å². The highest BCUT2D eigenvalue weighted by Crippen LogP contribution is 2.18. The van der Waals surface area contributed by atoms with Gasteiger partial charge in [0.2, 0.25) is 11.9 Å². The molecule has 3 N–H and O–H groups in total. The van der Waals surface area contributed by atoms with E-state index in [1.165, 1.54) is 0 Å². The second-order valence-electron chi connectivity index (χ2n) is 9.16. The number of para-hydroxylation sites is 1. The van der Waals surface area contributed by atoms with Crippen molar-refractivity contribution < 1.29 is 14.3 Å². The molecule has 0 aliphatic rings. The summed E-state index contributed by atoms with van der Waals surface area (Å²) in [5.74, 6) is 1.91. The average molecular weight is 506 g/mol. The standard InChI is InChI=1S/C29H39N5O3/c1-21(2)37-18-10-16-30-28(35)25(20-23-11-6-5-7-12-23)33-27-19-22(3)32-29(34-27)31-17-15-24-13-8-9-14-26(24)36-4/h5-9,11-14,19,21,25H,10,15-18,20H2,1-4H3,(H,30,35)(H2,31,32,33,34)/t25-/m0/s1. The van der Waals surface area contributed by atoms with Crippen LogP contribution in [0.5, 0.6) is 5.75 Å². The van der Waals surface area contributed by atoms with Gasteiger partial charge in [-0.3, -0.25) is 4.79 Å². The van der Waals surface area contributed by atoms with Crippen LogP contribution >= 0.6 is 0 Å². The molecule has 0 radical (unpaired) electrons. The van der Waals surface area contributed by atoms with Crippen molar-refractivity contribution in [1.82, 2.24) is 15.3 Å². The minimum Gasteiger partial charge on any atom is -0.496 e. The minimum absolute atomic E-state index is 0.0738. The molecule has 0 aliphatic carbocycles. The van der Waals surface area contributed by atoms with Gasteiger partial charge in [-0.1, -0.05) is 48.5 Å². The van der Waals surface area contributed by atoms with Crippen LogP contribution in [0.15, 0.2) is 60.7 Å². The lowest BCUT2D eigenvalue weighted by Gasteiger charge is -2.20. The highest BCUT2D eigenvalue weighted by Gasteiger charge is 2.20. The molecule has 8 nitrogen and oxygen atoms in total. The maximum absolute atomic E-state index is 13.1. The van der Waals surface area contributed by atoms with E-state index in [1.54, 1.807) is 7.11 Å². The van der Waals surface area contributed by atoms with Gasteiger partial charge in [0, 0.05) is 37.9 Å². The molecule has 37 heavy (non-hydrogen) atoms. The number of ether oxygens (including phenoxy) is 2. The smallest absolute Gasteiger partial charge is 0.242 e. The summed E-state index contributed by atoms with van der Waals surface area (Å²) in [6, 6.07) is 19.3. The fourth-order valence-corrected chi connectivity index (χ4v) is 3.90. The molecule has 3 rings (SSSR count). The van der Waals surface area contributed by atoms with Crippen LogP contribution in [0.1, 0.15) is 37.1 Å². The van der Waals surface area contributed by atoms with Crippen LogP contribution in [0, 0.1) is 6.92 Å². The molecular formula is C29H39N5O3. The van der Waals surface area contributed by atoms with Crippen molar-refractivity contribution in [3.63, 3.8) is 0 Å². The molecule has 1 atom stereocenters. The van der Waals surface area contributed by atoms with Crippen LogP contribution in [-0.2, 0) is 22.4 Å². The molecular weight excluding hydrogens is 466 g/mol. The Morgan fingerprint density at radius 3 is 2.51 bits per heavy atom. The molecule has 0 saturated carbocycles. The number of nitrogens with one attached hydrogen (secondary N) is 3. The van der Waals surface area contributed by atoms with Gasteiger partial charge in [0.25, 0.3) is 0 Å². The molecule has 0 fully saturated rings. The van der Waals surface area contributed by atoms with Gasteiger partial charge in [-0.25, -0.2) is 4.98 Å². The summed E-state index contributed by atoms with van der Waals surface area (Å²) in [7, 11) is 1.68. The fourth-order valence-electron chi connectivity index (χ4n) is 3.90. The molecule has 0 spiro atoms. The number of aryl methyl sites for hydroxylation is 1. The molecule has 0 saturated heterocycles. The van der Waals surface area contributed by atoms with E-state index in [4.69, 9.17) is 9.47 Å². The van der Waals surface area contributed by atoms with Gasteiger partial charge >= 0.3 is 0 Å². The quantitative estimate of drug-likeness (QED) is 0.263. The number of aromatic nitrogens is 2. The van der Waals surface area contributed by atoms with Crippen LogP contribution in [0.25, 0.3) is 0 Å². The van der Waals surface area contributed by atoms with E-state index < -0.39 is 6.04 Å². The summed E-state index contributed by atoms with van der Waals surface area (Å²) >= 11 is 0. The second kappa shape index (κ2) is 14.8. The lowest BCUT2D eigenvalue weighted by atomic mass is 10.1. The van der Waals surface area contributed by atoms with Gasteiger partial charge in [-0.05, 0) is 50.8 Å². The number of carbonyl (C=O) groups excluding carboxylic acids is 1. The van der Waals surface area contributed by atoms with Crippen molar-refractivity contribution in [1.29, 1.82) is 0 Å². The first-order valence-corrected chi connectivity index (χ1v) is 12.9. The van der Waals surface area contributed by atoms with E-state index in [1.807, 2.05) is 81.4 Å². The number of nitrogens with zero attached hydrogens (tertiary/aromatic N) is 2. The lowest BCUT2D eigenvalue weighted by molar-refractivity contribution is -0.121. The van der Waals surface area contributed by atoms with Crippen molar-refractivity contribution in [3.05, 3.63) is 77.5 Å². The first kappa shape index (κ1) is 27.9. The zero-order valence-corrected chi connectivity index (χ0v) is 22.3. The van der Waals surface area contributed by atoms with E-state index in [2.05, 4.69) is 25.9 Å². The fraction of sp³-hybridized carbons (Fsp3) is 0.414. The summed E-state index contributed by atoms with van der Waals surface area (Å²) in [6.45, 7) is 7.74. The minimum atomic E-state index is -0.482. The molecule has 1 aromatic heterocycles. The Kier molecular flexibility index (Phi) is 11.2. The zero-order valence-electron chi connectivity index (χ0n) is 22.3. The molecule has 1 heterocycles. The summed E-state index contributed by atoms with van der Waals surface area (Å²) < 4.78 is 11.0. The molecule has 0 bridgehead atoms. The first-order chi connectivity index (χ1) is 17.9. The normalized spacial score (nSPS) is 11.7. The molecule has 3 aromatic rings. The molecule has 0 unspecified atom stereocenters. The number of carbonyl (C=O) groups is 1. The maximum Gasteiger partial charge on any atom is 0.242 e. The predicted octanol–water partition coefficient (Wildman–Crippen LogP) is 4.40. The van der Waals surface area contributed by atoms with Crippen LogP contribution in [-0.4, -0.2) is 54.8 Å². The van der Waals surface area contributed by atoms with E-state index in [9.17, 15) is 4.79 Å². The molecule has 1 amide bonds. The molecule has 2 aromatic carbocycles. The van der Waals surface area contributed by atoms with Gasteiger partial charge in [-0.15, -0.1) is 0 Å². The number of rotatable bonds is 15. The van der Waals surface area contributed by atoms with E-state index >= 15 is 0 Å². The highest BCUT2D eigenvalue weighted by atomic mass is 16.5. The number of hydrogen-bond acceptors (Lipinski definition) is 7. The molecule has 8 heteroatoms. The monoisotopic (exact) mass is 505 g/mol. The van der Waals surface area contributed by atoms with Gasteiger partial charge < -0.3 is 25.4 Å². The van der Waals surface area contributed by atoms with Gasteiger partial charge in [-0.2, -0.15) is 4.98 Å². The first-order valence-electron chi connectivity index (χ1n) is 12.9. The molecule has 198 valence electrons. The van der Waals surface area contributed by atoms with E-state index in [0.29, 0.717) is 37.9 Å². The highest BCUT2D eigenvalue weighted by molar-refractivity contribution is 5.84. The summed E-state index contributed by atoms with van der Waals surface area (Å²) in [4.78, 5) is 22.3. The lowest BCUT2D eigenvalue weighted by Crippen LogP contribution is -2.42. The zero-order chi connectivity index (χ0) is 26.5. The van der Waals surface area contributed by atoms with Gasteiger partial charge in [0.1, 0.15) is 17.6 Å². The Hall–Kier alpha value is -3.65. The summed E-state index contributed by atoms with van der Waals surface area (Å²) in [5.41, 5.74) is 2.99. The van der Waals surface area contributed by atoms with Crippen molar-refractivity contribution in [3.8, 4) is 5.75 Å². The number of methoxy groups -OCH3 is 1. The Morgan fingerprint density at radius 2 is 1.76 bits per heavy atom. The Morgan fingerprint density at radius 1 is 1.00 bits per heavy atom. The Bertz CT molecular complexity index is 1110. The van der Waals surface area contributed by atoms with Gasteiger partial charge in [0.15, 0.2) is 0 Å². The van der Waals surface area contributed by atoms with Crippen molar-refractivity contribution in [2.75, 3.05) is 37.4 Å². The number of anilines is 2. The largest absolute Gasteiger partial charge is 0.496 e. The van der Waals surface area contributed by atoms with Crippen molar-refractivity contribution in [2.24, 2.45) is 0 Å². The van der Waals surface area contributed by atoms with Crippen LogP contribution in [0.3, 0.4) is 0 Å². The van der Waals surface area contributed by atoms with E-state index in [-0.39, 0.29) is 12.0 Å². The maximum atomic E-state index is 13.1. The topological polar surface area (TPSA) is 97.4 Å². The SMILES string of the molecule is COc1ccccc1CCNc1nc(C)cc(N[C@@H](Cc2ccccc2)C(=O)NCCCOC(C)C)n1. The third-order valence-corrected chi connectivity index (χ3v) is 5.72. The number of hydrogen-bond donors (Lipinski definition) is 3. The van der Waals surface area contributed by atoms with Crippen molar-refractivity contribution in [2.45, 2.75) is 52.2 Å². The third kappa shape index (κ3) is 9.73. The van der Waals surface area contributed by atoms with Crippen LogP contribution < -0.4 is 20.7 Å². The summed E-state index contributed by atoms with van der Waals surface area (Å²) in [6.07, 6.45) is 2.24. The number of benzene rings is 2. The second-order valence-corrected chi connectivity index (χ2v) is 9.16. The van der Waals surface area contributed by atoms with Crippen LogP contribution in [0.2, 0.25) is 0 Å². The predicted molar refractivity (Wildman–Crippen MR) is 148 cm³/mol. The van der Waals surface area contributed by atoms with Gasteiger partial charge in [0.05, 0.1) is 13.2 Å². The molecule has 0 aliphatic heterocycles. The number of amides is 1. The average Bonchev–Trinajstić information content (AvgIpc) is 2.88. The van der Waals surface area contributed by atoms with Crippen molar-refractivity contribution >= 4 is 17.7 Å². The Balaban J connectivity index is 1.64. The Labute approximate surface area is 220 Å².